The van der Waals surface area contributed by atoms with Crippen LogP contribution >= 0.6 is 0 Å². The Kier molecular flexibility index (Phi) is 5.55. The maximum Gasteiger partial charge on any atom is 0.148 e. The van der Waals surface area contributed by atoms with Crippen molar-refractivity contribution in [1.29, 1.82) is 0 Å². The maximum absolute atomic E-state index is 6.22. The summed E-state index contributed by atoms with van der Waals surface area (Å²) in [6, 6.07) is 18.9. The number of aromatic nitrogens is 1. The van der Waals surface area contributed by atoms with E-state index in [1.807, 2.05) is 0 Å². The minimum atomic E-state index is 0.714. The minimum Gasteiger partial charge on any atom is -0.490 e. The molecule has 0 amide bonds. The highest BCUT2D eigenvalue weighted by Gasteiger charge is 2.13. The smallest absolute Gasteiger partial charge is 0.148 e. The Hall–Kier alpha value is -2.26. The molecular weight excluding hydrogens is 296 g/mol. The molecule has 1 heterocycles. The Labute approximate surface area is 144 Å². The van der Waals surface area contributed by atoms with Gasteiger partial charge in [-0.3, -0.25) is 0 Å². The molecular formula is C21H26N2O. The van der Waals surface area contributed by atoms with Crippen LogP contribution in [0.5, 0.6) is 5.75 Å². The molecule has 0 aliphatic rings. The average Bonchev–Trinajstić information content (AvgIpc) is 2.97. The van der Waals surface area contributed by atoms with Gasteiger partial charge in [0, 0.05) is 23.9 Å². The van der Waals surface area contributed by atoms with Gasteiger partial charge in [-0.05, 0) is 30.8 Å². The van der Waals surface area contributed by atoms with E-state index in [9.17, 15) is 0 Å². The van der Waals surface area contributed by atoms with Crippen molar-refractivity contribution in [3.63, 3.8) is 0 Å². The number of nitrogens with zero attached hydrogens (tertiary/aromatic N) is 1. The number of hydrogen-bond donors (Lipinski definition) is 1. The second-order valence-electron chi connectivity index (χ2n) is 6.02. The second-order valence-corrected chi connectivity index (χ2v) is 6.02. The molecule has 2 aromatic carbocycles. The zero-order valence-corrected chi connectivity index (χ0v) is 14.6. The van der Waals surface area contributed by atoms with Crippen molar-refractivity contribution in [3.05, 3.63) is 65.9 Å². The summed E-state index contributed by atoms with van der Waals surface area (Å²) >= 11 is 0. The molecule has 0 fully saturated rings. The van der Waals surface area contributed by atoms with Gasteiger partial charge < -0.3 is 14.6 Å². The van der Waals surface area contributed by atoms with Crippen molar-refractivity contribution in [2.24, 2.45) is 0 Å². The Morgan fingerprint density at radius 3 is 2.38 bits per heavy atom. The highest BCUT2D eigenvalue weighted by atomic mass is 16.5. The summed E-state index contributed by atoms with van der Waals surface area (Å²) in [6.45, 7) is 8.17. The lowest BCUT2D eigenvalue weighted by Crippen LogP contribution is -2.28. The fourth-order valence-corrected chi connectivity index (χ4v) is 3.08. The van der Waals surface area contributed by atoms with Crippen LogP contribution in [0.15, 0.2) is 54.6 Å². The van der Waals surface area contributed by atoms with Crippen LogP contribution in [0, 0.1) is 0 Å². The van der Waals surface area contributed by atoms with E-state index < -0.39 is 0 Å². The van der Waals surface area contributed by atoms with Crippen LogP contribution in [0.4, 0.5) is 0 Å². The third-order valence-electron chi connectivity index (χ3n) is 4.50. The predicted octanol–water partition coefficient (Wildman–Crippen LogP) is 4.48. The first-order valence-corrected chi connectivity index (χ1v) is 8.80. The zero-order valence-electron chi connectivity index (χ0n) is 14.6. The van der Waals surface area contributed by atoms with E-state index in [0.29, 0.717) is 6.61 Å². The summed E-state index contributed by atoms with van der Waals surface area (Å²) in [7, 11) is 0. The van der Waals surface area contributed by atoms with Crippen molar-refractivity contribution in [2.75, 3.05) is 26.2 Å². The average molecular weight is 322 g/mol. The normalized spacial score (nSPS) is 11.3. The van der Waals surface area contributed by atoms with E-state index in [1.165, 1.54) is 10.9 Å². The molecule has 0 saturated carbocycles. The van der Waals surface area contributed by atoms with E-state index >= 15 is 0 Å². The molecule has 126 valence electrons. The predicted molar refractivity (Wildman–Crippen MR) is 101 cm³/mol. The third-order valence-corrected chi connectivity index (χ3v) is 4.50. The topological polar surface area (TPSA) is 28.3 Å². The summed E-state index contributed by atoms with van der Waals surface area (Å²) in [6.07, 6.45) is 0.857. The first kappa shape index (κ1) is 16.6. The van der Waals surface area contributed by atoms with E-state index in [-0.39, 0.29) is 0 Å². The standard InChI is InChI=1S/C21H26N2O/c1-3-23(4-2)14-15-24-21-18-12-8-9-13-19(18)22-20(21)16-17-10-6-5-7-11-17/h5-13,22H,3-4,14-16H2,1-2H3. The molecule has 0 unspecified atom stereocenters. The van der Waals surface area contributed by atoms with Crippen LogP contribution in [0.2, 0.25) is 0 Å². The Morgan fingerprint density at radius 1 is 0.917 bits per heavy atom. The molecule has 3 aromatic rings. The number of hydrogen-bond acceptors (Lipinski definition) is 2. The van der Waals surface area contributed by atoms with Gasteiger partial charge in [0.25, 0.3) is 0 Å². The lowest BCUT2D eigenvalue weighted by molar-refractivity contribution is 0.223. The second kappa shape index (κ2) is 8.02. The highest BCUT2D eigenvalue weighted by Crippen LogP contribution is 2.31. The third kappa shape index (κ3) is 3.80. The number of nitrogens with one attached hydrogen (secondary N) is 1. The molecule has 1 aromatic heterocycles. The molecule has 0 spiro atoms. The number of aromatic amines is 1. The van der Waals surface area contributed by atoms with Gasteiger partial charge in [0.2, 0.25) is 0 Å². The Bertz CT molecular complexity index is 760. The number of rotatable bonds is 8. The van der Waals surface area contributed by atoms with Crippen LogP contribution < -0.4 is 4.74 Å². The quantitative estimate of drug-likeness (QED) is 0.662. The van der Waals surface area contributed by atoms with Crippen LogP contribution in [0.3, 0.4) is 0 Å². The zero-order chi connectivity index (χ0) is 16.8. The van der Waals surface area contributed by atoms with Gasteiger partial charge in [0.1, 0.15) is 12.4 Å². The van der Waals surface area contributed by atoms with Gasteiger partial charge in [0.15, 0.2) is 0 Å². The van der Waals surface area contributed by atoms with Gasteiger partial charge >= 0.3 is 0 Å². The maximum atomic E-state index is 6.22. The monoisotopic (exact) mass is 322 g/mol. The van der Waals surface area contributed by atoms with Crippen molar-refractivity contribution < 1.29 is 4.74 Å². The summed E-state index contributed by atoms with van der Waals surface area (Å²) in [5, 5.41) is 1.17. The number of H-pyrrole nitrogens is 1. The number of ether oxygens (including phenoxy) is 1. The van der Waals surface area contributed by atoms with Crippen molar-refractivity contribution >= 4 is 10.9 Å². The van der Waals surface area contributed by atoms with Gasteiger partial charge in [-0.25, -0.2) is 0 Å². The molecule has 0 radical (unpaired) electrons. The molecule has 3 heteroatoms. The number of benzene rings is 2. The van der Waals surface area contributed by atoms with Crippen LogP contribution in [0.1, 0.15) is 25.1 Å². The molecule has 3 nitrogen and oxygen atoms in total. The van der Waals surface area contributed by atoms with E-state index in [2.05, 4.69) is 78.3 Å². The summed E-state index contributed by atoms with van der Waals surface area (Å²) < 4.78 is 6.22. The largest absolute Gasteiger partial charge is 0.490 e. The number of fused-ring (bicyclic) bond motifs is 1. The summed E-state index contributed by atoms with van der Waals surface area (Å²) in [5.74, 6) is 1.00. The van der Waals surface area contributed by atoms with Gasteiger partial charge in [-0.2, -0.15) is 0 Å². The molecule has 0 aliphatic carbocycles. The number of likely N-dealkylation sites (N-methyl/N-ethyl adjacent to an activating group) is 1. The van der Waals surface area contributed by atoms with Gasteiger partial charge in [-0.1, -0.05) is 56.3 Å². The minimum absolute atomic E-state index is 0.714. The highest BCUT2D eigenvalue weighted by molar-refractivity contribution is 5.87. The molecule has 3 rings (SSSR count). The Balaban J connectivity index is 1.82. The lowest BCUT2D eigenvalue weighted by Gasteiger charge is -2.18. The van der Waals surface area contributed by atoms with Crippen molar-refractivity contribution in [1.82, 2.24) is 9.88 Å². The van der Waals surface area contributed by atoms with E-state index in [1.54, 1.807) is 0 Å². The van der Waals surface area contributed by atoms with E-state index in [0.717, 1.165) is 43.0 Å². The summed E-state index contributed by atoms with van der Waals surface area (Å²) in [5.41, 5.74) is 3.58. The van der Waals surface area contributed by atoms with Crippen molar-refractivity contribution in [3.8, 4) is 5.75 Å². The van der Waals surface area contributed by atoms with Crippen LogP contribution in [0.25, 0.3) is 10.9 Å². The van der Waals surface area contributed by atoms with Gasteiger partial charge in [-0.15, -0.1) is 0 Å². The molecule has 0 atom stereocenters. The first-order chi connectivity index (χ1) is 11.8. The fraction of sp³-hybridized carbons (Fsp3) is 0.333. The molecule has 24 heavy (non-hydrogen) atoms. The molecule has 0 aliphatic heterocycles. The van der Waals surface area contributed by atoms with Gasteiger partial charge in [0.05, 0.1) is 5.69 Å². The number of para-hydroxylation sites is 1. The first-order valence-electron chi connectivity index (χ1n) is 8.80. The van der Waals surface area contributed by atoms with Crippen molar-refractivity contribution in [2.45, 2.75) is 20.3 Å². The van der Waals surface area contributed by atoms with Crippen LogP contribution in [-0.2, 0) is 6.42 Å². The Morgan fingerprint density at radius 2 is 1.62 bits per heavy atom. The van der Waals surface area contributed by atoms with E-state index in [4.69, 9.17) is 4.74 Å². The molecule has 0 bridgehead atoms. The fourth-order valence-electron chi connectivity index (χ4n) is 3.08. The lowest BCUT2D eigenvalue weighted by atomic mass is 10.1. The SMILES string of the molecule is CCN(CC)CCOc1c(Cc2ccccc2)[nH]c2ccccc12. The van der Waals surface area contributed by atoms with Crippen LogP contribution in [-0.4, -0.2) is 36.1 Å². The summed E-state index contributed by atoms with van der Waals surface area (Å²) in [4.78, 5) is 5.92. The molecule has 0 saturated heterocycles. The molecule has 1 N–H and O–H groups in total.